The van der Waals surface area contributed by atoms with Crippen LogP contribution in [0.1, 0.15) is 15.9 Å². The monoisotopic (exact) mass is 382 g/mol. The van der Waals surface area contributed by atoms with Gasteiger partial charge in [0.25, 0.3) is 5.91 Å². The fraction of sp³-hybridized carbons (Fsp3) is 0.235. The van der Waals surface area contributed by atoms with Crippen molar-refractivity contribution in [2.24, 2.45) is 0 Å². The molecule has 0 bridgehead atoms. The van der Waals surface area contributed by atoms with Crippen molar-refractivity contribution in [3.05, 3.63) is 57.8 Å². The number of halogens is 2. The number of nitrogens with zero attached hydrogens (tertiary/aromatic N) is 2. The van der Waals surface area contributed by atoms with Gasteiger partial charge < -0.3 is 14.4 Å². The van der Waals surface area contributed by atoms with Crippen LogP contribution in [0.25, 0.3) is 0 Å². The largest absolute Gasteiger partial charge is 0.497 e. The summed E-state index contributed by atoms with van der Waals surface area (Å²) in [5, 5.41) is 0.229. The molecule has 0 saturated heterocycles. The van der Waals surface area contributed by atoms with Crippen LogP contribution in [0, 0.1) is 0 Å². The Morgan fingerprint density at radius 3 is 2.48 bits per heavy atom. The number of ether oxygens (including phenoxy) is 2. The second-order valence-corrected chi connectivity index (χ2v) is 5.94. The van der Waals surface area contributed by atoms with E-state index in [9.17, 15) is 9.59 Å². The summed E-state index contributed by atoms with van der Waals surface area (Å²) in [4.78, 5) is 29.2. The highest BCUT2D eigenvalue weighted by Crippen LogP contribution is 2.20. The topological polar surface area (TPSA) is 68.7 Å². The lowest BCUT2D eigenvalue weighted by molar-refractivity contribution is -0.133. The zero-order valence-electron chi connectivity index (χ0n) is 13.7. The first-order chi connectivity index (χ1) is 11.9. The van der Waals surface area contributed by atoms with Crippen molar-refractivity contribution in [3.63, 3.8) is 0 Å². The summed E-state index contributed by atoms with van der Waals surface area (Å²) in [6.45, 7) is 0.000437. The van der Waals surface area contributed by atoms with Crippen LogP contribution in [-0.4, -0.2) is 42.5 Å². The summed E-state index contributed by atoms with van der Waals surface area (Å²) >= 11 is 11.5. The predicted molar refractivity (Wildman–Crippen MR) is 94.0 cm³/mol. The Kier molecular flexibility index (Phi) is 6.61. The highest BCUT2D eigenvalue weighted by atomic mass is 35.5. The van der Waals surface area contributed by atoms with E-state index in [0.29, 0.717) is 6.54 Å². The summed E-state index contributed by atoms with van der Waals surface area (Å²) in [5.74, 6) is -0.295. The van der Waals surface area contributed by atoms with Gasteiger partial charge in [0.15, 0.2) is 6.61 Å². The highest BCUT2D eigenvalue weighted by Gasteiger charge is 2.15. The number of pyridine rings is 1. The van der Waals surface area contributed by atoms with Crippen LogP contribution in [0.4, 0.5) is 0 Å². The molecule has 8 heteroatoms. The Morgan fingerprint density at radius 1 is 1.20 bits per heavy atom. The van der Waals surface area contributed by atoms with Gasteiger partial charge in [-0.3, -0.25) is 4.79 Å². The molecule has 0 atom stereocenters. The molecule has 25 heavy (non-hydrogen) atoms. The lowest BCUT2D eigenvalue weighted by Crippen LogP contribution is -2.30. The SMILES string of the molecule is COc1ccc(CN(C)C(=O)COC(=O)c2cnc(Cl)c(Cl)c2)cc1. The quantitative estimate of drug-likeness (QED) is 0.566. The molecule has 6 nitrogen and oxygen atoms in total. The number of rotatable bonds is 6. The third-order valence-electron chi connectivity index (χ3n) is 3.36. The Morgan fingerprint density at radius 2 is 1.88 bits per heavy atom. The van der Waals surface area contributed by atoms with Crippen molar-refractivity contribution in [2.75, 3.05) is 20.8 Å². The van der Waals surface area contributed by atoms with Gasteiger partial charge >= 0.3 is 5.97 Å². The molecule has 1 amide bonds. The van der Waals surface area contributed by atoms with Crippen molar-refractivity contribution < 1.29 is 19.1 Å². The third-order valence-corrected chi connectivity index (χ3v) is 4.05. The van der Waals surface area contributed by atoms with Gasteiger partial charge in [0.05, 0.1) is 17.7 Å². The molecule has 0 aliphatic carbocycles. The van der Waals surface area contributed by atoms with Crippen LogP contribution in [0.2, 0.25) is 10.2 Å². The van der Waals surface area contributed by atoms with E-state index in [4.69, 9.17) is 32.7 Å². The minimum Gasteiger partial charge on any atom is -0.497 e. The second-order valence-electron chi connectivity index (χ2n) is 5.17. The van der Waals surface area contributed by atoms with Crippen LogP contribution in [0.3, 0.4) is 0 Å². The molecule has 132 valence electrons. The molecule has 0 N–H and O–H groups in total. The van der Waals surface area contributed by atoms with E-state index in [2.05, 4.69) is 4.98 Å². The molecule has 0 saturated carbocycles. The van der Waals surface area contributed by atoms with Crippen LogP contribution in [0.15, 0.2) is 36.5 Å². The fourth-order valence-corrected chi connectivity index (χ4v) is 2.22. The van der Waals surface area contributed by atoms with Gasteiger partial charge in [0, 0.05) is 19.8 Å². The van der Waals surface area contributed by atoms with Gasteiger partial charge in [-0.2, -0.15) is 0 Å². The van der Waals surface area contributed by atoms with Crippen molar-refractivity contribution in [1.29, 1.82) is 0 Å². The van der Waals surface area contributed by atoms with Gasteiger partial charge in [-0.25, -0.2) is 9.78 Å². The maximum atomic E-state index is 12.1. The third kappa shape index (κ3) is 5.34. The molecule has 2 aromatic rings. The number of benzene rings is 1. The van der Waals surface area contributed by atoms with Crippen LogP contribution >= 0.6 is 23.2 Å². The first kappa shape index (κ1) is 19.0. The molecule has 0 aliphatic rings. The fourth-order valence-electron chi connectivity index (χ4n) is 1.95. The Hall–Kier alpha value is -2.31. The zero-order valence-corrected chi connectivity index (χ0v) is 15.2. The van der Waals surface area contributed by atoms with E-state index in [1.54, 1.807) is 14.2 Å². The van der Waals surface area contributed by atoms with Crippen molar-refractivity contribution in [2.45, 2.75) is 6.54 Å². The number of amides is 1. The number of likely N-dealkylation sites (N-methyl/N-ethyl adjacent to an activating group) is 1. The minimum absolute atomic E-state index is 0.0912. The molecule has 2 rings (SSSR count). The average Bonchev–Trinajstić information content (AvgIpc) is 2.62. The summed E-state index contributed by atoms with van der Waals surface area (Å²) in [5.41, 5.74) is 1.05. The number of esters is 1. The second kappa shape index (κ2) is 8.69. The molecule has 1 aromatic carbocycles. The molecule has 0 spiro atoms. The molecular weight excluding hydrogens is 367 g/mol. The average molecular weight is 383 g/mol. The molecule has 0 radical (unpaired) electrons. The summed E-state index contributed by atoms with van der Waals surface area (Å²) < 4.78 is 10.1. The number of carbonyl (C=O) groups is 2. The van der Waals surface area contributed by atoms with Crippen LogP contribution in [0.5, 0.6) is 5.75 Å². The molecule has 1 aromatic heterocycles. The predicted octanol–water partition coefficient (Wildman–Crippen LogP) is 3.21. The Labute approximate surface area is 155 Å². The maximum Gasteiger partial charge on any atom is 0.340 e. The zero-order chi connectivity index (χ0) is 18.4. The van der Waals surface area contributed by atoms with E-state index in [-0.39, 0.29) is 28.3 Å². The Balaban J connectivity index is 1.87. The molecule has 0 unspecified atom stereocenters. The van der Waals surface area contributed by atoms with Gasteiger partial charge in [-0.05, 0) is 23.8 Å². The van der Waals surface area contributed by atoms with Crippen molar-refractivity contribution in [1.82, 2.24) is 9.88 Å². The van der Waals surface area contributed by atoms with Crippen LogP contribution < -0.4 is 4.74 Å². The Bertz CT molecular complexity index is 766. The number of hydrogen-bond acceptors (Lipinski definition) is 5. The normalized spacial score (nSPS) is 10.2. The molecular formula is C17H16Cl2N2O4. The van der Waals surface area contributed by atoms with E-state index in [1.165, 1.54) is 17.2 Å². The molecule has 1 heterocycles. The van der Waals surface area contributed by atoms with Crippen LogP contribution in [-0.2, 0) is 16.1 Å². The van der Waals surface area contributed by atoms with E-state index >= 15 is 0 Å². The first-order valence-corrected chi connectivity index (χ1v) is 8.01. The summed E-state index contributed by atoms with van der Waals surface area (Å²) in [7, 11) is 3.21. The van der Waals surface area contributed by atoms with E-state index in [1.807, 2.05) is 24.3 Å². The summed E-state index contributed by atoms with van der Waals surface area (Å²) in [6.07, 6.45) is 1.24. The van der Waals surface area contributed by atoms with Gasteiger partial charge in [0.1, 0.15) is 10.9 Å². The highest BCUT2D eigenvalue weighted by molar-refractivity contribution is 6.41. The van der Waals surface area contributed by atoms with E-state index in [0.717, 1.165) is 11.3 Å². The first-order valence-electron chi connectivity index (χ1n) is 7.25. The van der Waals surface area contributed by atoms with Gasteiger partial charge in [-0.1, -0.05) is 35.3 Å². The summed E-state index contributed by atoms with van der Waals surface area (Å²) in [6, 6.07) is 8.67. The molecule has 0 fully saturated rings. The standard InChI is InChI=1S/C17H16Cl2N2O4/c1-21(9-11-3-5-13(24-2)6-4-11)15(22)10-25-17(23)12-7-14(18)16(19)20-8-12/h3-8H,9-10H2,1-2H3. The minimum atomic E-state index is -0.697. The smallest absolute Gasteiger partial charge is 0.340 e. The van der Waals surface area contributed by atoms with Crippen molar-refractivity contribution >= 4 is 35.1 Å². The van der Waals surface area contributed by atoms with Gasteiger partial charge in [-0.15, -0.1) is 0 Å². The lowest BCUT2D eigenvalue weighted by Gasteiger charge is -2.17. The van der Waals surface area contributed by atoms with E-state index < -0.39 is 5.97 Å². The maximum absolute atomic E-state index is 12.1. The molecule has 0 aliphatic heterocycles. The van der Waals surface area contributed by atoms with Gasteiger partial charge in [0.2, 0.25) is 0 Å². The van der Waals surface area contributed by atoms with Crippen molar-refractivity contribution in [3.8, 4) is 5.75 Å². The number of hydrogen-bond donors (Lipinski definition) is 0. The number of aromatic nitrogens is 1. The lowest BCUT2D eigenvalue weighted by atomic mass is 10.2. The number of methoxy groups -OCH3 is 1. The number of carbonyl (C=O) groups excluding carboxylic acids is 2.